The molecule has 0 bridgehead atoms. The van der Waals surface area contributed by atoms with Crippen LogP contribution in [0, 0.1) is 5.82 Å². The van der Waals surface area contributed by atoms with Crippen LogP contribution in [0.5, 0.6) is 0 Å². The van der Waals surface area contributed by atoms with Gasteiger partial charge in [0.15, 0.2) is 5.78 Å². The van der Waals surface area contributed by atoms with Gasteiger partial charge in [0, 0.05) is 11.6 Å². The van der Waals surface area contributed by atoms with E-state index in [4.69, 9.17) is 0 Å². The van der Waals surface area contributed by atoms with Crippen molar-refractivity contribution in [3.05, 3.63) is 35.6 Å². The third-order valence-electron chi connectivity index (χ3n) is 3.76. The van der Waals surface area contributed by atoms with Gasteiger partial charge in [0.1, 0.15) is 5.82 Å². The molecular formula is C15H20FNO. The first-order chi connectivity index (χ1) is 8.70. The zero-order chi connectivity index (χ0) is 13.0. The zero-order valence-corrected chi connectivity index (χ0v) is 10.9. The quantitative estimate of drug-likeness (QED) is 0.746. The van der Waals surface area contributed by atoms with E-state index in [1.54, 1.807) is 12.1 Å². The van der Waals surface area contributed by atoms with Gasteiger partial charge < -0.3 is 0 Å². The summed E-state index contributed by atoms with van der Waals surface area (Å²) in [6, 6.07) is 6.39. The molecule has 3 heteroatoms. The van der Waals surface area contributed by atoms with Crippen LogP contribution in [0.15, 0.2) is 24.3 Å². The predicted octanol–water partition coefficient (Wildman–Crippen LogP) is 3.27. The van der Waals surface area contributed by atoms with E-state index < -0.39 is 0 Å². The Hall–Kier alpha value is -1.22. The lowest BCUT2D eigenvalue weighted by molar-refractivity contribution is 0.0899. The molecule has 0 unspecified atom stereocenters. The van der Waals surface area contributed by atoms with E-state index in [1.807, 2.05) is 0 Å². The normalized spacial score (nSPS) is 16.4. The molecule has 0 spiro atoms. The fourth-order valence-electron chi connectivity index (χ4n) is 2.68. The highest BCUT2D eigenvalue weighted by Crippen LogP contribution is 2.23. The summed E-state index contributed by atoms with van der Waals surface area (Å²) < 4.78 is 12.8. The molecule has 1 saturated carbocycles. The number of rotatable bonds is 5. The van der Waals surface area contributed by atoms with Crippen LogP contribution in [0.2, 0.25) is 0 Å². The van der Waals surface area contributed by atoms with Gasteiger partial charge >= 0.3 is 0 Å². The molecule has 2 rings (SSSR count). The number of carbonyl (C=O) groups excluding carboxylic acids is 1. The van der Waals surface area contributed by atoms with Crippen molar-refractivity contribution in [1.29, 1.82) is 0 Å². The lowest BCUT2D eigenvalue weighted by Gasteiger charge is -2.26. The molecule has 0 atom stereocenters. The highest BCUT2D eigenvalue weighted by Gasteiger charge is 2.23. The molecule has 0 heterocycles. The number of likely N-dealkylation sites (N-methyl/N-ethyl adjacent to an activating group) is 1. The Labute approximate surface area is 108 Å². The Balaban J connectivity index is 1.98. The third-order valence-corrected chi connectivity index (χ3v) is 3.76. The van der Waals surface area contributed by atoms with Gasteiger partial charge in [0.25, 0.3) is 0 Å². The van der Waals surface area contributed by atoms with Crippen molar-refractivity contribution in [3.8, 4) is 0 Å². The summed E-state index contributed by atoms with van der Waals surface area (Å²) >= 11 is 0. The van der Waals surface area contributed by atoms with Gasteiger partial charge in [-0.2, -0.15) is 0 Å². The molecule has 0 N–H and O–H groups in total. The molecule has 0 aromatic heterocycles. The molecule has 1 aliphatic rings. The maximum absolute atomic E-state index is 12.8. The van der Waals surface area contributed by atoms with Crippen molar-refractivity contribution in [2.24, 2.45) is 0 Å². The lowest BCUT2D eigenvalue weighted by atomic mass is 10.1. The summed E-state index contributed by atoms with van der Waals surface area (Å²) in [5, 5.41) is 0. The van der Waals surface area contributed by atoms with Gasteiger partial charge in [-0.05, 0) is 43.7 Å². The minimum absolute atomic E-state index is 0.0868. The topological polar surface area (TPSA) is 20.3 Å². The first-order valence-electron chi connectivity index (χ1n) is 6.73. The lowest BCUT2D eigenvalue weighted by Crippen LogP contribution is -2.37. The SMILES string of the molecule is CCN(CC(=O)c1ccc(F)cc1)C1CCCC1. The van der Waals surface area contributed by atoms with Crippen LogP contribution in [0.25, 0.3) is 0 Å². The Bertz CT molecular complexity index is 395. The van der Waals surface area contributed by atoms with E-state index in [-0.39, 0.29) is 11.6 Å². The summed E-state index contributed by atoms with van der Waals surface area (Å²) in [5.41, 5.74) is 0.604. The maximum Gasteiger partial charge on any atom is 0.176 e. The van der Waals surface area contributed by atoms with Crippen LogP contribution in [0.3, 0.4) is 0 Å². The van der Waals surface area contributed by atoms with Crippen molar-refractivity contribution in [1.82, 2.24) is 4.90 Å². The first-order valence-corrected chi connectivity index (χ1v) is 6.73. The van der Waals surface area contributed by atoms with Gasteiger partial charge in [0.2, 0.25) is 0 Å². The molecule has 98 valence electrons. The Morgan fingerprint density at radius 3 is 2.44 bits per heavy atom. The summed E-state index contributed by atoms with van der Waals surface area (Å²) in [7, 11) is 0. The maximum atomic E-state index is 12.8. The number of hydrogen-bond acceptors (Lipinski definition) is 2. The molecule has 1 aromatic rings. The fraction of sp³-hybridized carbons (Fsp3) is 0.533. The van der Waals surface area contributed by atoms with E-state index >= 15 is 0 Å². The molecule has 0 radical (unpaired) electrons. The van der Waals surface area contributed by atoms with Crippen molar-refractivity contribution >= 4 is 5.78 Å². The van der Waals surface area contributed by atoms with Crippen molar-refractivity contribution < 1.29 is 9.18 Å². The highest BCUT2D eigenvalue weighted by molar-refractivity contribution is 5.97. The summed E-state index contributed by atoms with van der Waals surface area (Å²) in [5.74, 6) is -0.210. The van der Waals surface area contributed by atoms with Gasteiger partial charge in [-0.15, -0.1) is 0 Å². The number of halogens is 1. The summed E-state index contributed by atoms with van der Waals surface area (Å²) in [4.78, 5) is 14.4. The second kappa shape index (κ2) is 6.10. The Kier molecular flexibility index (Phi) is 4.48. The van der Waals surface area contributed by atoms with Crippen molar-refractivity contribution in [2.45, 2.75) is 38.6 Å². The largest absolute Gasteiger partial charge is 0.293 e. The molecule has 0 amide bonds. The molecule has 1 fully saturated rings. The fourth-order valence-corrected chi connectivity index (χ4v) is 2.68. The van der Waals surface area contributed by atoms with Crippen LogP contribution in [0.4, 0.5) is 4.39 Å². The van der Waals surface area contributed by atoms with Gasteiger partial charge in [-0.25, -0.2) is 4.39 Å². The van der Waals surface area contributed by atoms with E-state index in [1.165, 1.54) is 37.8 Å². The number of nitrogens with zero attached hydrogens (tertiary/aromatic N) is 1. The number of Topliss-reactive ketones (excluding diaryl/α,β-unsaturated/α-hetero) is 1. The second-order valence-corrected chi connectivity index (χ2v) is 4.93. The number of ketones is 1. The van der Waals surface area contributed by atoms with Gasteiger partial charge in [-0.3, -0.25) is 9.69 Å². The average Bonchev–Trinajstić information content (AvgIpc) is 2.90. The van der Waals surface area contributed by atoms with Crippen LogP contribution in [-0.2, 0) is 0 Å². The molecule has 18 heavy (non-hydrogen) atoms. The Morgan fingerprint density at radius 2 is 1.89 bits per heavy atom. The van der Waals surface area contributed by atoms with Gasteiger partial charge in [0.05, 0.1) is 6.54 Å². The van der Waals surface area contributed by atoms with Crippen LogP contribution in [0.1, 0.15) is 43.0 Å². The van der Waals surface area contributed by atoms with Gasteiger partial charge in [-0.1, -0.05) is 19.8 Å². The number of carbonyl (C=O) groups is 1. The monoisotopic (exact) mass is 249 g/mol. The second-order valence-electron chi connectivity index (χ2n) is 4.93. The minimum Gasteiger partial charge on any atom is -0.293 e. The first kappa shape index (κ1) is 13.2. The standard InChI is InChI=1S/C15H20FNO/c1-2-17(14-5-3-4-6-14)11-15(18)12-7-9-13(16)10-8-12/h7-10,14H,2-6,11H2,1H3. The summed E-state index contributed by atoms with van der Waals surface area (Å²) in [6.45, 7) is 3.45. The van der Waals surface area contributed by atoms with Crippen LogP contribution in [-0.4, -0.2) is 29.8 Å². The van der Waals surface area contributed by atoms with E-state index in [2.05, 4.69) is 11.8 Å². The van der Waals surface area contributed by atoms with Crippen molar-refractivity contribution in [2.75, 3.05) is 13.1 Å². The number of benzene rings is 1. The third kappa shape index (κ3) is 3.16. The Morgan fingerprint density at radius 1 is 1.28 bits per heavy atom. The number of hydrogen-bond donors (Lipinski definition) is 0. The molecular weight excluding hydrogens is 229 g/mol. The molecule has 1 aliphatic carbocycles. The molecule has 1 aromatic carbocycles. The van der Waals surface area contributed by atoms with Crippen LogP contribution >= 0.6 is 0 Å². The molecule has 2 nitrogen and oxygen atoms in total. The average molecular weight is 249 g/mol. The van der Waals surface area contributed by atoms with E-state index in [0.717, 1.165) is 6.54 Å². The van der Waals surface area contributed by atoms with Crippen molar-refractivity contribution in [3.63, 3.8) is 0 Å². The predicted molar refractivity (Wildman–Crippen MR) is 70.2 cm³/mol. The minimum atomic E-state index is -0.297. The molecule has 0 aliphatic heterocycles. The smallest absolute Gasteiger partial charge is 0.176 e. The van der Waals surface area contributed by atoms with E-state index in [0.29, 0.717) is 18.2 Å². The highest BCUT2D eigenvalue weighted by atomic mass is 19.1. The summed E-state index contributed by atoms with van der Waals surface area (Å²) in [6.07, 6.45) is 4.94. The zero-order valence-electron chi connectivity index (χ0n) is 10.9. The van der Waals surface area contributed by atoms with E-state index in [9.17, 15) is 9.18 Å². The van der Waals surface area contributed by atoms with Crippen LogP contribution < -0.4 is 0 Å². The molecule has 0 saturated heterocycles.